The Morgan fingerprint density at radius 1 is 1.18 bits per heavy atom. The van der Waals surface area contributed by atoms with Crippen LogP contribution in [0.2, 0.25) is 0 Å². The minimum Gasteiger partial charge on any atom is -0.293 e. The Morgan fingerprint density at radius 3 is 2.68 bits per heavy atom. The number of fused-ring (bicyclic) bond motifs is 1. The molecule has 2 aromatic carbocycles. The Hall–Kier alpha value is -1.52. The van der Waals surface area contributed by atoms with E-state index in [1.54, 1.807) is 23.5 Å². The lowest BCUT2D eigenvalue weighted by Crippen LogP contribution is -2.15. The number of nitrogens with zero attached hydrogens (tertiary/aromatic N) is 1. The lowest BCUT2D eigenvalue weighted by molar-refractivity contribution is 0.0994. The average molecular weight is 327 g/mol. The maximum atomic E-state index is 12.5. The number of hydrogen-bond acceptors (Lipinski definition) is 4. The van der Waals surface area contributed by atoms with Crippen LogP contribution in [0.15, 0.2) is 53.5 Å². The van der Waals surface area contributed by atoms with Gasteiger partial charge in [-0.15, -0.1) is 0 Å². The molecule has 0 bridgehead atoms. The smallest absolute Gasteiger partial charge is 0.175 e. The van der Waals surface area contributed by atoms with Crippen molar-refractivity contribution in [1.82, 2.24) is 0 Å². The summed E-state index contributed by atoms with van der Waals surface area (Å²) in [5, 5.41) is -0.126. The van der Waals surface area contributed by atoms with Crippen molar-refractivity contribution in [3.8, 4) is 0 Å². The Kier molecular flexibility index (Phi) is 4.69. The Balaban J connectivity index is 1.72. The highest BCUT2D eigenvalue weighted by molar-refractivity contribution is 8.39. The van der Waals surface area contributed by atoms with E-state index in [-0.39, 0.29) is 11.0 Å². The number of aryl methyl sites for hydroxylation is 1. The van der Waals surface area contributed by atoms with Crippen molar-refractivity contribution >= 4 is 39.4 Å². The first-order chi connectivity index (χ1) is 10.6. The molecule has 0 saturated heterocycles. The molecule has 0 aliphatic carbocycles. The van der Waals surface area contributed by atoms with Gasteiger partial charge in [0.05, 0.1) is 10.9 Å². The quantitative estimate of drug-likeness (QED) is 0.723. The third-order valence-corrected chi connectivity index (χ3v) is 5.83. The van der Waals surface area contributed by atoms with Gasteiger partial charge >= 0.3 is 0 Å². The van der Waals surface area contributed by atoms with Crippen molar-refractivity contribution in [2.75, 3.05) is 0 Å². The molecule has 1 aliphatic heterocycles. The van der Waals surface area contributed by atoms with E-state index in [0.29, 0.717) is 0 Å². The fourth-order valence-corrected chi connectivity index (χ4v) is 4.49. The molecule has 0 saturated carbocycles. The van der Waals surface area contributed by atoms with Crippen molar-refractivity contribution in [1.29, 1.82) is 0 Å². The maximum absolute atomic E-state index is 12.5. The predicted molar refractivity (Wildman–Crippen MR) is 97.4 cm³/mol. The minimum atomic E-state index is -0.126. The molecule has 0 radical (unpaired) electrons. The average Bonchev–Trinajstić information content (AvgIpc) is 2.55. The largest absolute Gasteiger partial charge is 0.293 e. The summed E-state index contributed by atoms with van der Waals surface area (Å²) in [7, 11) is 0. The first kappa shape index (κ1) is 15.4. The zero-order valence-electron chi connectivity index (χ0n) is 12.6. The van der Waals surface area contributed by atoms with Gasteiger partial charge in [0.15, 0.2) is 5.78 Å². The van der Waals surface area contributed by atoms with E-state index in [0.717, 1.165) is 21.4 Å². The zero-order chi connectivity index (χ0) is 15.5. The molecule has 22 heavy (non-hydrogen) atoms. The van der Waals surface area contributed by atoms with E-state index in [9.17, 15) is 4.79 Å². The lowest BCUT2D eigenvalue weighted by Gasteiger charge is -2.17. The molecule has 0 unspecified atom stereocenters. The standard InChI is InChI=1S/C18H17NOS2/c1-12-7-9-14(10-8-12)17(20)13(2)22-18-19-16-6-4-3-5-15(16)11-21-18/h3-10,13H,11H2,1-2H3/t13-/m0/s1. The third kappa shape index (κ3) is 3.45. The van der Waals surface area contributed by atoms with Crippen molar-refractivity contribution in [3.05, 3.63) is 65.2 Å². The summed E-state index contributed by atoms with van der Waals surface area (Å²) < 4.78 is 0.978. The molecule has 1 atom stereocenters. The van der Waals surface area contributed by atoms with Crippen molar-refractivity contribution in [2.24, 2.45) is 4.99 Å². The maximum Gasteiger partial charge on any atom is 0.175 e. The lowest BCUT2D eigenvalue weighted by atomic mass is 10.1. The predicted octanol–water partition coefficient (Wildman–Crippen LogP) is 5.23. The van der Waals surface area contributed by atoms with Crippen molar-refractivity contribution in [2.45, 2.75) is 24.9 Å². The van der Waals surface area contributed by atoms with Crippen LogP contribution in [0, 0.1) is 6.92 Å². The number of thioether (sulfide) groups is 2. The van der Waals surface area contributed by atoms with E-state index in [2.05, 4.69) is 11.1 Å². The van der Waals surface area contributed by atoms with Crippen molar-refractivity contribution < 1.29 is 4.79 Å². The molecular formula is C18H17NOS2. The van der Waals surface area contributed by atoms with E-state index >= 15 is 0 Å². The number of ketones is 1. The second kappa shape index (κ2) is 6.71. The molecule has 0 fully saturated rings. The van der Waals surface area contributed by atoms with E-state index in [1.807, 2.05) is 56.3 Å². The van der Waals surface area contributed by atoms with Gasteiger partial charge in [-0.3, -0.25) is 4.79 Å². The molecule has 1 aliphatic rings. The van der Waals surface area contributed by atoms with Crippen LogP contribution in [0.5, 0.6) is 0 Å². The fourth-order valence-electron chi connectivity index (χ4n) is 2.23. The molecule has 0 spiro atoms. The van der Waals surface area contributed by atoms with Crippen LogP contribution in [0.1, 0.15) is 28.4 Å². The Bertz CT molecular complexity index is 722. The first-order valence-corrected chi connectivity index (χ1v) is 9.07. The molecule has 0 amide bonds. The second-order valence-electron chi connectivity index (χ2n) is 5.29. The van der Waals surface area contributed by atoms with Gasteiger partial charge in [0.25, 0.3) is 0 Å². The van der Waals surface area contributed by atoms with Gasteiger partial charge < -0.3 is 0 Å². The summed E-state index contributed by atoms with van der Waals surface area (Å²) in [6.45, 7) is 3.98. The number of Topliss-reactive ketones (excluding diaryl/α,β-unsaturated/α-hetero) is 1. The molecule has 0 N–H and O–H groups in total. The van der Waals surface area contributed by atoms with E-state index in [1.165, 1.54) is 11.1 Å². The number of carbonyl (C=O) groups excluding carboxylic acids is 1. The van der Waals surface area contributed by atoms with Gasteiger partial charge in [0.2, 0.25) is 0 Å². The minimum absolute atomic E-state index is 0.126. The molecule has 2 aromatic rings. The van der Waals surface area contributed by atoms with Gasteiger partial charge in [0, 0.05) is 11.3 Å². The van der Waals surface area contributed by atoms with Gasteiger partial charge in [-0.25, -0.2) is 4.99 Å². The third-order valence-electron chi connectivity index (χ3n) is 3.54. The van der Waals surface area contributed by atoms with Crippen LogP contribution in [-0.2, 0) is 5.75 Å². The van der Waals surface area contributed by atoms with Gasteiger partial charge in [0.1, 0.15) is 4.38 Å². The number of para-hydroxylation sites is 1. The fraction of sp³-hybridized carbons (Fsp3) is 0.222. The SMILES string of the molecule is Cc1ccc(C(=O)[C@H](C)SC2=Nc3ccccc3CS2)cc1. The van der Waals surface area contributed by atoms with Crippen LogP contribution >= 0.6 is 23.5 Å². The summed E-state index contributed by atoms with van der Waals surface area (Å²) in [5.41, 5.74) is 4.22. The van der Waals surface area contributed by atoms with Crippen LogP contribution < -0.4 is 0 Å². The van der Waals surface area contributed by atoms with Gasteiger partial charge in [-0.2, -0.15) is 0 Å². The van der Waals surface area contributed by atoms with Gasteiger partial charge in [-0.05, 0) is 25.5 Å². The number of aliphatic imine (C=N–C) groups is 1. The molecule has 4 heteroatoms. The molecule has 3 rings (SSSR count). The topological polar surface area (TPSA) is 29.4 Å². The first-order valence-electron chi connectivity index (χ1n) is 7.20. The number of rotatable bonds is 3. The van der Waals surface area contributed by atoms with E-state index in [4.69, 9.17) is 0 Å². The van der Waals surface area contributed by atoms with Crippen molar-refractivity contribution in [3.63, 3.8) is 0 Å². The summed E-state index contributed by atoms with van der Waals surface area (Å²) in [4.78, 5) is 17.2. The highest BCUT2D eigenvalue weighted by Gasteiger charge is 2.21. The summed E-state index contributed by atoms with van der Waals surface area (Å²) in [6.07, 6.45) is 0. The number of hydrogen-bond donors (Lipinski definition) is 0. The Morgan fingerprint density at radius 2 is 1.91 bits per heavy atom. The second-order valence-corrected chi connectivity index (χ2v) is 7.84. The zero-order valence-corrected chi connectivity index (χ0v) is 14.2. The Labute approximate surface area is 139 Å². The monoisotopic (exact) mass is 327 g/mol. The summed E-state index contributed by atoms with van der Waals surface area (Å²) in [5.74, 6) is 1.08. The highest BCUT2D eigenvalue weighted by atomic mass is 32.2. The molecule has 2 nitrogen and oxygen atoms in total. The van der Waals surface area contributed by atoms with E-state index < -0.39 is 0 Å². The van der Waals surface area contributed by atoms with Crippen LogP contribution in [0.3, 0.4) is 0 Å². The highest BCUT2D eigenvalue weighted by Crippen LogP contribution is 2.36. The molecule has 0 aromatic heterocycles. The molecule has 1 heterocycles. The summed E-state index contributed by atoms with van der Waals surface area (Å²) >= 11 is 3.26. The molecular weight excluding hydrogens is 310 g/mol. The van der Waals surface area contributed by atoms with Crippen LogP contribution in [0.25, 0.3) is 0 Å². The molecule has 112 valence electrons. The van der Waals surface area contributed by atoms with Gasteiger partial charge in [-0.1, -0.05) is 71.6 Å². The normalized spacial score (nSPS) is 14.9. The van der Waals surface area contributed by atoms with Crippen LogP contribution in [-0.4, -0.2) is 15.4 Å². The number of benzene rings is 2. The summed E-state index contributed by atoms with van der Waals surface area (Å²) in [6, 6.07) is 15.9. The van der Waals surface area contributed by atoms with Crippen LogP contribution in [0.4, 0.5) is 5.69 Å². The number of carbonyl (C=O) groups is 1.